The summed E-state index contributed by atoms with van der Waals surface area (Å²) in [5, 5.41) is 0.738. The third-order valence-electron chi connectivity index (χ3n) is 1.44. The summed E-state index contributed by atoms with van der Waals surface area (Å²) >= 11 is 3.93. The minimum Gasteiger partial charge on any atom is -0.144 e. The van der Waals surface area contributed by atoms with Gasteiger partial charge < -0.3 is 0 Å². The van der Waals surface area contributed by atoms with E-state index in [0.717, 1.165) is 5.25 Å². The van der Waals surface area contributed by atoms with Crippen LogP contribution in [0.25, 0.3) is 0 Å². The van der Waals surface area contributed by atoms with Crippen molar-refractivity contribution in [2.24, 2.45) is 0 Å². The highest BCUT2D eigenvalue weighted by Crippen LogP contribution is 2.36. The molecule has 0 aliphatic heterocycles. The molecule has 0 spiro atoms. The molecule has 2 heteroatoms. The second kappa shape index (κ2) is 5.43. The number of hydrogen-bond acceptors (Lipinski definition) is 2. The molecule has 2 unspecified atom stereocenters. The van der Waals surface area contributed by atoms with Crippen molar-refractivity contribution in [2.45, 2.75) is 55.6 Å². The SMILES string of the molecule is [CH2]C(SC(C)CC)SC(C)(C)C. The lowest BCUT2D eigenvalue weighted by Crippen LogP contribution is -2.13. The van der Waals surface area contributed by atoms with Gasteiger partial charge >= 0.3 is 0 Å². The monoisotopic (exact) mass is 205 g/mol. The Labute approximate surface area is 86.3 Å². The number of rotatable bonds is 4. The van der Waals surface area contributed by atoms with Gasteiger partial charge in [0.15, 0.2) is 0 Å². The smallest absolute Gasteiger partial charge is 0.0511 e. The van der Waals surface area contributed by atoms with Crippen LogP contribution >= 0.6 is 23.5 Å². The maximum Gasteiger partial charge on any atom is 0.0511 e. The first-order valence-electron chi connectivity index (χ1n) is 4.51. The molecule has 73 valence electrons. The van der Waals surface area contributed by atoms with Crippen LogP contribution in [-0.4, -0.2) is 14.6 Å². The summed E-state index contributed by atoms with van der Waals surface area (Å²) in [6, 6.07) is 0. The molecule has 0 amide bonds. The fraction of sp³-hybridized carbons (Fsp3) is 0.900. The molecular formula is C10H21S2. The van der Waals surface area contributed by atoms with Crippen LogP contribution in [-0.2, 0) is 0 Å². The largest absolute Gasteiger partial charge is 0.144 e. The molecule has 12 heavy (non-hydrogen) atoms. The molecule has 0 saturated carbocycles. The van der Waals surface area contributed by atoms with E-state index in [0.29, 0.717) is 9.33 Å². The Morgan fingerprint density at radius 3 is 2.17 bits per heavy atom. The first-order chi connectivity index (χ1) is 5.35. The van der Waals surface area contributed by atoms with Crippen molar-refractivity contribution in [1.82, 2.24) is 0 Å². The fourth-order valence-corrected chi connectivity index (χ4v) is 3.93. The summed E-state index contributed by atoms with van der Waals surface area (Å²) in [5.41, 5.74) is 0. The summed E-state index contributed by atoms with van der Waals surface area (Å²) in [5.74, 6) is 0. The van der Waals surface area contributed by atoms with E-state index in [9.17, 15) is 0 Å². The molecular weight excluding hydrogens is 184 g/mol. The molecule has 0 aliphatic carbocycles. The Balaban J connectivity index is 3.66. The predicted molar refractivity (Wildman–Crippen MR) is 63.8 cm³/mol. The molecule has 1 radical (unpaired) electrons. The van der Waals surface area contributed by atoms with Crippen LogP contribution < -0.4 is 0 Å². The van der Waals surface area contributed by atoms with E-state index in [1.54, 1.807) is 0 Å². The molecule has 0 fully saturated rings. The zero-order valence-corrected chi connectivity index (χ0v) is 10.5. The third kappa shape index (κ3) is 7.35. The zero-order valence-electron chi connectivity index (χ0n) is 8.89. The Morgan fingerprint density at radius 2 is 1.83 bits per heavy atom. The van der Waals surface area contributed by atoms with E-state index < -0.39 is 0 Å². The van der Waals surface area contributed by atoms with Gasteiger partial charge in [0.1, 0.15) is 0 Å². The summed E-state index contributed by atoms with van der Waals surface area (Å²) < 4.78 is 0.812. The lowest BCUT2D eigenvalue weighted by Gasteiger charge is -2.24. The molecule has 0 saturated heterocycles. The van der Waals surface area contributed by atoms with Crippen molar-refractivity contribution in [3.63, 3.8) is 0 Å². The molecule has 0 bridgehead atoms. The molecule has 0 rings (SSSR count). The van der Waals surface area contributed by atoms with Crippen LogP contribution in [0.4, 0.5) is 0 Å². The molecule has 0 N–H and O–H groups in total. The van der Waals surface area contributed by atoms with E-state index >= 15 is 0 Å². The molecule has 0 aromatic heterocycles. The Bertz CT molecular complexity index is 115. The summed E-state index contributed by atoms with van der Waals surface area (Å²) in [6.07, 6.45) is 1.24. The van der Waals surface area contributed by atoms with Crippen LogP contribution in [0, 0.1) is 6.92 Å². The average Bonchev–Trinajstić information content (AvgIpc) is 1.82. The second-order valence-corrected chi connectivity index (χ2v) is 7.99. The minimum atomic E-state index is 0.340. The quantitative estimate of drug-likeness (QED) is 0.631. The van der Waals surface area contributed by atoms with Gasteiger partial charge in [-0.15, -0.1) is 23.5 Å². The van der Waals surface area contributed by atoms with Crippen LogP contribution in [0.1, 0.15) is 41.0 Å². The Morgan fingerprint density at radius 1 is 1.33 bits per heavy atom. The predicted octanol–water partition coefficient (Wildman–Crippen LogP) is 4.21. The number of hydrogen-bond donors (Lipinski definition) is 0. The summed E-state index contributed by atoms with van der Waals surface area (Å²) in [4.78, 5) is 0. The van der Waals surface area contributed by atoms with E-state index in [-0.39, 0.29) is 0 Å². The van der Waals surface area contributed by atoms with Gasteiger partial charge in [-0.3, -0.25) is 0 Å². The first-order valence-corrected chi connectivity index (χ1v) is 6.33. The molecule has 0 aromatic rings. The van der Waals surface area contributed by atoms with Crippen molar-refractivity contribution < 1.29 is 0 Å². The van der Waals surface area contributed by atoms with Gasteiger partial charge in [-0.05, 0) is 13.3 Å². The van der Waals surface area contributed by atoms with E-state index in [4.69, 9.17) is 0 Å². The zero-order chi connectivity index (χ0) is 9.78. The van der Waals surface area contributed by atoms with Gasteiger partial charge in [-0.1, -0.05) is 34.6 Å². The number of thioether (sulfide) groups is 2. The van der Waals surface area contributed by atoms with Crippen molar-refractivity contribution >= 4 is 23.5 Å². The standard InChI is InChI=1S/C10H21S2/c1-7-8(2)11-9(3)12-10(4,5)6/h8-9H,3,7H2,1-2,4-6H3. The normalized spacial score (nSPS) is 17.5. The van der Waals surface area contributed by atoms with E-state index in [1.165, 1.54) is 6.42 Å². The van der Waals surface area contributed by atoms with Crippen molar-refractivity contribution in [3.8, 4) is 0 Å². The van der Waals surface area contributed by atoms with Gasteiger partial charge in [0.25, 0.3) is 0 Å². The second-order valence-electron chi connectivity index (χ2n) is 4.01. The van der Waals surface area contributed by atoms with Crippen LogP contribution in [0.15, 0.2) is 0 Å². The topological polar surface area (TPSA) is 0 Å². The van der Waals surface area contributed by atoms with Crippen molar-refractivity contribution in [2.75, 3.05) is 0 Å². The highest BCUT2D eigenvalue weighted by Gasteiger charge is 2.17. The van der Waals surface area contributed by atoms with Crippen molar-refractivity contribution in [3.05, 3.63) is 6.92 Å². The highest BCUT2D eigenvalue weighted by molar-refractivity contribution is 8.17. The van der Waals surface area contributed by atoms with Gasteiger partial charge in [-0.2, -0.15) is 0 Å². The van der Waals surface area contributed by atoms with E-state index in [1.807, 2.05) is 23.5 Å². The molecule has 0 nitrogen and oxygen atoms in total. The Hall–Kier alpha value is 0.700. The molecule has 2 atom stereocenters. The van der Waals surface area contributed by atoms with Gasteiger partial charge in [0.05, 0.1) is 4.58 Å². The first kappa shape index (κ1) is 12.7. The van der Waals surface area contributed by atoms with Crippen LogP contribution in [0.3, 0.4) is 0 Å². The highest BCUT2D eigenvalue weighted by atomic mass is 32.2. The maximum atomic E-state index is 4.14. The maximum absolute atomic E-state index is 4.14. The fourth-order valence-electron chi connectivity index (χ4n) is 0.777. The Kier molecular flexibility index (Phi) is 5.75. The lowest BCUT2D eigenvalue weighted by molar-refractivity contribution is 0.803. The average molecular weight is 205 g/mol. The van der Waals surface area contributed by atoms with Crippen LogP contribution in [0.2, 0.25) is 0 Å². The third-order valence-corrected chi connectivity index (χ3v) is 4.14. The van der Waals surface area contributed by atoms with Crippen LogP contribution in [0.5, 0.6) is 0 Å². The van der Waals surface area contributed by atoms with Crippen molar-refractivity contribution in [1.29, 1.82) is 0 Å². The van der Waals surface area contributed by atoms with E-state index in [2.05, 4.69) is 41.5 Å². The van der Waals surface area contributed by atoms with Gasteiger partial charge in [0.2, 0.25) is 0 Å². The molecule has 0 aromatic carbocycles. The molecule has 0 heterocycles. The van der Waals surface area contributed by atoms with Gasteiger partial charge in [-0.25, -0.2) is 0 Å². The summed E-state index contributed by atoms with van der Waals surface area (Å²) in [6.45, 7) is 15.4. The van der Waals surface area contributed by atoms with Gasteiger partial charge in [0, 0.05) is 10.00 Å². The summed E-state index contributed by atoms with van der Waals surface area (Å²) in [7, 11) is 0. The lowest BCUT2D eigenvalue weighted by atomic mass is 10.3. The molecule has 0 aliphatic rings. The minimum absolute atomic E-state index is 0.340.